The van der Waals surface area contributed by atoms with E-state index in [-0.39, 0.29) is 5.92 Å². The SMILES string of the molecule is CCC1(C)NC(C2CCCC2)N(CC(F)(F)F)C1=O. The number of carbonyl (C=O) groups excluding carboxylic acids is 1. The first kappa shape index (κ1) is 14.6. The van der Waals surface area contributed by atoms with Crippen molar-refractivity contribution >= 4 is 5.91 Å². The van der Waals surface area contributed by atoms with Crippen LogP contribution in [0.4, 0.5) is 13.2 Å². The Hall–Kier alpha value is -0.780. The number of amides is 1. The second-order valence-electron chi connectivity index (χ2n) is 5.87. The van der Waals surface area contributed by atoms with E-state index in [2.05, 4.69) is 5.32 Å². The van der Waals surface area contributed by atoms with Gasteiger partial charge >= 0.3 is 6.18 Å². The minimum atomic E-state index is -4.34. The number of halogens is 3. The number of hydrogen-bond donors (Lipinski definition) is 1. The summed E-state index contributed by atoms with van der Waals surface area (Å²) < 4.78 is 38.0. The molecule has 2 atom stereocenters. The molecular formula is C13H21F3N2O. The molecule has 1 saturated heterocycles. The van der Waals surface area contributed by atoms with Crippen molar-refractivity contribution < 1.29 is 18.0 Å². The van der Waals surface area contributed by atoms with Gasteiger partial charge in [0, 0.05) is 0 Å². The Balaban J connectivity index is 2.20. The van der Waals surface area contributed by atoms with Gasteiger partial charge in [-0.2, -0.15) is 13.2 Å². The van der Waals surface area contributed by atoms with E-state index in [1.54, 1.807) is 6.92 Å². The van der Waals surface area contributed by atoms with Crippen molar-refractivity contribution in [3.8, 4) is 0 Å². The minimum absolute atomic E-state index is 0.152. The van der Waals surface area contributed by atoms with E-state index in [0.29, 0.717) is 6.42 Å². The van der Waals surface area contributed by atoms with Crippen LogP contribution < -0.4 is 5.32 Å². The monoisotopic (exact) mass is 278 g/mol. The number of carbonyl (C=O) groups is 1. The third-order valence-corrected chi connectivity index (χ3v) is 4.44. The summed E-state index contributed by atoms with van der Waals surface area (Å²) in [6.07, 6.45) is -0.407. The summed E-state index contributed by atoms with van der Waals surface area (Å²) in [5, 5.41) is 3.16. The first-order valence-corrected chi connectivity index (χ1v) is 6.92. The van der Waals surface area contributed by atoms with Gasteiger partial charge < -0.3 is 4.90 Å². The summed E-state index contributed by atoms with van der Waals surface area (Å²) in [6, 6.07) is 0. The molecule has 1 saturated carbocycles. The zero-order valence-corrected chi connectivity index (χ0v) is 11.4. The van der Waals surface area contributed by atoms with Gasteiger partial charge in [0.05, 0.1) is 11.7 Å². The molecular weight excluding hydrogens is 257 g/mol. The second kappa shape index (κ2) is 4.96. The van der Waals surface area contributed by atoms with Gasteiger partial charge in [0.2, 0.25) is 5.91 Å². The molecule has 1 aliphatic heterocycles. The number of alkyl halides is 3. The van der Waals surface area contributed by atoms with Gasteiger partial charge in [0.15, 0.2) is 0 Å². The van der Waals surface area contributed by atoms with E-state index >= 15 is 0 Å². The van der Waals surface area contributed by atoms with E-state index in [9.17, 15) is 18.0 Å². The second-order valence-corrected chi connectivity index (χ2v) is 5.87. The Morgan fingerprint density at radius 3 is 2.42 bits per heavy atom. The van der Waals surface area contributed by atoms with Gasteiger partial charge in [-0.15, -0.1) is 0 Å². The summed E-state index contributed by atoms with van der Waals surface area (Å²) >= 11 is 0. The van der Waals surface area contributed by atoms with Crippen LogP contribution in [-0.4, -0.2) is 35.2 Å². The average molecular weight is 278 g/mol. The molecule has 19 heavy (non-hydrogen) atoms. The maximum absolute atomic E-state index is 12.7. The highest BCUT2D eigenvalue weighted by Gasteiger charge is 2.52. The lowest BCUT2D eigenvalue weighted by Gasteiger charge is -2.29. The minimum Gasteiger partial charge on any atom is -0.316 e. The Bertz CT molecular complexity index is 352. The van der Waals surface area contributed by atoms with E-state index in [0.717, 1.165) is 30.6 Å². The number of rotatable bonds is 3. The number of nitrogens with one attached hydrogen (secondary N) is 1. The van der Waals surface area contributed by atoms with Crippen molar-refractivity contribution in [2.45, 2.75) is 63.8 Å². The van der Waals surface area contributed by atoms with Gasteiger partial charge in [-0.1, -0.05) is 19.8 Å². The van der Waals surface area contributed by atoms with Crippen LogP contribution in [0.15, 0.2) is 0 Å². The Kier molecular flexibility index (Phi) is 3.82. The van der Waals surface area contributed by atoms with E-state index in [4.69, 9.17) is 0 Å². The molecule has 0 spiro atoms. The van der Waals surface area contributed by atoms with Crippen molar-refractivity contribution in [3.63, 3.8) is 0 Å². The van der Waals surface area contributed by atoms with Gasteiger partial charge in [-0.25, -0.2) is 0 Å². The summed E-state index contributed by atoms with van der Waals surface area (Å²) in [5.41, 5.74) is -0.849. The zero-order chi connectivity index (χ0) is 14.3. The Labute approximate surface area is 111 Å². The number of hydrogen-bond acceptors (Lipinski definition) is 2. The third kappa shape index (κ3) is 2.88. The summed E-state index contributed by atoms with van der Waals surface area (Å²) in [5.74, 6) is -0.260. The van der Waals surface area contributed by atoms with Crippen LogP contribution in [0.5, 0.6) is 0 Å². The predicted molar refractivity (Wildman–Crippen MR) is 65.3 cm³/mol. The van der Waals surface area contributed by atoms with Crippen LogP contribution in [0.25, 0.3) is 0 Å². The topological polar surface area (TPSA) is 32.3 Å². The molecule has 0 bridgehead atoms. The van der Waals surface area contributed by atoms with Gasteiger partial charge in [-0.3, -0.25) is 10.1 Å². The first-order chi connectivity index (χ1) is 8.77. The van der Waals surface area contributed by atoms with Crippen molar-refractivity contribution in [1.82, 2.24) is 10.2 Å². The van der Waals surface area contributed by atoms with Crippen LogP contribution in [-0.2, 0) is 4.79 Å². The highest BCUT2D eigenvalue weighted by atomic mass is 19.4. The van der Waals surface area contributed by atoms with Crippen LogP contribution in [0, 0.1) is 5.92 Å². The average Bonchev–Trinajstić information content (AvgIpc) is 2.90. The number of nitrogens with zero attached hydrogens (tertiary/aromatic N) is 1. The molecule has 0 aromatic rings. The smallest absolute Gasteiger partial charge is 0.316 e. The third-order valence-electron chi connectivity index (χ3n) is 4.44. The van der Waals surface area contributed by atoms with Crippen molar-refractivity contribution in [1.29, 1.82) is 0 Å². The lowest BCUT2D eigenvalue weighted by Crippen LogP contribution is -2.46. The van der Waals surface area contributed by atoms with Crippen LogP contribution >= 0.6 is 0 Å². The molecule has 110 valence electrons. The van der Waals surface area contributed by atoms with E-state index in [1.807, 2.05) is 6.92 Å². The summed E-state index contributed by atoms with van der Waals surface area (Å²) in [6.45, 7) is 2.39. The van der Waals surface area contributed by atoms with E-state index < -0.39 is 30.3 Å². The fourth-order valence-electron chi connectivity index (χ4n) is 3.17. The molecule has 2 aliphatic rings. The van der Waals surface area contributed by atoms with E-state index in [1.165, 1.54) is 0 Å². The van der Waals surface area contributed by atoms with Crippen molar-refractivity contribution in [2.75, 3.05) is 6.54 Å². The van der Waals surface area contributed by atoms with Gasteiger partial charge in [-0.05, 0) is 32.1 Å². The first-order valence-electron chi connectivity index (χ1n) is 6.92. The fourth-order valence-corrected chi connectivity index (χ4v) is 3.17. The molecule has 3 nitrogen and oxygen atoms in total. The molecule has 0 aromatic heterocycles. The lowest BCUT2D eigenvalue weighted by molar-refractivity contribution is -0.164. The van der Waals surface area contributed by atoms with Gasteiger partial charge in [0.25, 0.3) is 0 Å². The Morgan fingerprint density at radius 2 is 1.95 bits per heavy atom. The lowest BCUT2D eigenvalue weighted by atomic mass is 9.99. The summed E-state index contributed by atoms with van der Waals surface area (Å²) in [7, 11) is 0. The molecule has 2 rings (SSSR count). The fraction of sp³-hybridized carbons (Fsp3) is 0.923. The molecule has 0 aromatic carbocycles. The Morgan fingerprint density at radius 1 is 1.37 bits per heavy atom. The molecule has 1 heterocycles. The largest absolute Gasteiger partial charge is 0.406 e. The molecule has 1 aliphatic carbocycles. The van der Waals surface area contributed by atoms with Crippen molar-refractivity contribution in [2.24, 2.45) is 5.92 Å². The predicted octanol–water partition coefficient (Wildman–Crippen LogP) is 2.67. The van der Waals surface area contributed by atoms with Crippen LogP contribution in [0.3, 0.4) is 0 Å². The maximum atomic E-state index is 12.7. The standard InChI is InChI=1S/C13H21F3N2O/c1-3-12(2)11(19)18(8-13(14,15)16)10(17-12)9-6-4-5-7-9/h9-10,17H,3-8H2,1-2H3. The van der Waals surface area contributed by atoms with Gasteiger partial charge in [0.1, 0.15) is 6.54 Å². The zero-order valence-electron chi connectivity index (χ0n) is 11.4. The van der Waals surface area contributed by atoms with Crippen LogP contribution in [0.2, 0.25) is 0 Å². The molecule has 0 radical (unpaired) electrons. The molecule has 2 unspecified atom stereocenters. The molecule has 6 heteroatoms. The van der Waals surface area contributed by atoms with Crippen molar-refractivity contribution in [3.05, 3.63) is 0 Å². The molecule has 1 N–H and O–H groups in total. The maximum Gasteiger partial charge on any atom is 0.406 e. The summed E-state index contributed by atoms with van der Waals surface area (Å²) in [4.78, 5) is 13.3. The normalized spacial score (nSPS) is 33.4. The molecule has 1 amide bonds. The highest BCUT2D eigenvalue weighted by Crippen LogP contribution is 2.36. The molecule has 2 fully saturated rings. The highest BCUT2D eigenvalue weighted by molar-refractivity contribution is 5.88. The van der Waals surface area contributed by atoms with Crippen LogP contribution in [0.1, 0.15) is 46.0 Å². The quantitative estimate of drug-likeness (QED) is 0.861.